The lowest BCUT2D eigenvalue weighted by molar-refractivity contribution is -0.410. The largest absolute Gasteiger partial charge is 0.469 e. The van der Waals surface area contributed by atoms with Gasteiger partial charge in [-0.25, -0.2) is 8.78 Å². The zero-order valence-electron chi connectivity index (χ0n) is 6.76. The Balaban J connectivity index is 5.27. The van der Waals surface area contributed by atoms with Crippen LogP contribution in [0.2, 0.25) is 0 Å². The van der Waals surface area contributed by atoms with Crippen LogP contribution in [0, 0.1) is 0 Å². The first-order chi connectivity index (χ1) is 6.49. The van der Waals surface area contributed by atoms with Crippen LogP contribution in [0.15, 0.2) is 0 Å². The third-order valence-electron chi connectivity index (χ3n) is 1.23. The minimum Gasteiger partial charge on any atom is -0.243 e. The van der Waals surface area contributed by atoms with Crippen LogP contribution in [0.1, 0.15) is 0 Å². The van der Waals surface area contributed by atoms with Gasteiger partial charge in [0.25, 0.3) is 0 Å². The number of rotatable bonds is 4. The molecule has 0 fully saturated rings. The van der Waals surface area contributed by atoms with E-state index in [4.69, 9.17) is 0 Å². The van der Waals surface area contributed by atoms with Gasteiger partial charge in [0.2, 0.25) is 0 Å². The van der Waals surface area contributed by atoms with Crippen LogP contribution in [-0.2, 0) is 0 Å². The van der Waals surface area contributed by atoms with E-state index in [9.17, 15) is 39.5 Å². The maximum Gasteiger partial charge on any atom is 0.469 e. The molecule has 0 atom stereocenters. The van der Waals surface area contributed by atoms with Gasteiger partial charge in [0.15, 0.2) is 13.3 Å². The molecule has 0 aliphatic heterocycles. The van der Waals surface area contributed by atoms with Crippen LogP contribution in [-0.4, -0.2) is 36.6 Å². The Morgan fingerprint density at radius 1 is 0.667 bits per heavy atom. The maximum absolute atomic E-state index is 12.2. The molecule has 0 bridgehead atoms. The predicted octanol–water partition coefficient (Wildman–Crippen LogP) is 2.93. The molecule has 0 saturated heterocycles. The van der Waals surface area contributed by atoms with Crippen molar-refractivity contribution in [2.75, 3.05) is 13.3 Å². The SMILES string of the molecule is FCC(F)(F)N(C(F)(F)F)C(F)(F)CF. The molecule has 0 N–H and O–H groups in total. The summed E-state index contributed by atoms with van der Waals surface area (Å²) in [6.07, 6.45) is -6.26. The molecule has 0 unspecified atom stereocenters. The summed E-state index contributed by atoms with van der Waals surface area (Å²) >= 11 is 0. The monoisotopic (exact) mass is 249 g/mol. The molecule has 1 nitrogen and oxygen atoms in total. The maximum atomic E-state index is 12.2. The lowest BCUT2D eigenvalue weighted by atomic mass is 10.4. The molecule has 0 rings (SSSR count). The van der Waals surface area contributed by atoms with Crippen LogP contribution in [0.5, 0.6) is 0 Å². The summed E-state index contributed by atoms with van der Waals surface area (Å²) in [6, 6.07) is -11.0. The summed E-state index contributed by atoms with van der Waals surface area (Å²) in [5.74, 6) is 0. The van der Waals surface area contributed by atoms with E-state index in [0.29, 0.717) is 0 Å². The molecule has 0 heterocycles. The number of hydrogen-bond donors (Lipinski definition) is 0. The highest BCUT2D eigenvalue weighted by Gasteiger charge is 2.64. The minimum absolute atomic E-state index is 2.74. The Bertz CT molecular complexity index is 193. The van der Waals surface area contributed by atoms with Crippen LogP contribution in [0.4, 0.5) is 39.5 Å². The van der Waals surface area contributed by atoms with E-state index in [1.807, 2.05) is 0 Å². The zero-order valence-corrected chi connectivity index (χ0v) is 6.76. The summed E-state index contributed by atoms with van der Waals surface area (Å²) in [5.41, 5.74) is 0. The second kappa shape index (κ2) is 4.06. The molecule has 10 heteroatoms. The summed E-state index contributed by atoms with van der Waals surface area (Å²) < 4.78 is 107. The Morgan fingerprint density at radius 3 is 1.07 bits per heavy atom. The van der Waals surface area contributed by atoms with E-state index in [1.54, 1.807) is 0 Å². The second-order valence-corrected chi connectivity index (χ2v) is 2.40. The van der Waals surface area contributed by atoms with Gasteiger partial charge in [-0.1, -0.05) is 4.90 Å². The van der Waals surface area contributed by atoms with Gasteiger partial charge in [0.1, 0.15) is 0 Å². The van der Waals surface area contributed by atoms with Crippen molar-refractivity contribution in [1.29, 1.82) is 0 Å². The van der Waals surface area contributed by atoms with Gasteiger partial charge in [-0.3, -0.25) is 0 Å². The molecule has 15 heavy (non-hydrogen) atoms. The standard InChI is InChI=1S/C5H4F9N/c6-1-3(8,9)15(5(12,13)14)4(10,11)2-7/h1-2H2. The van der Waals surface area contributed by atoms with Crippen LogP contribution < -0.4 is 0 Å². The molecular formula is C5H4F9N. The fourth-order valence-electron chi connectivity index (χ4n) is 0.730. The fourth-order valence-corrected chi connectivity index (χ4v) is 0.730. The summed E-state index contributed by atoms with van der Waals surface area (Å²) in [5, 5.41) is 0. The average Bonchev–Trinajstić information content (AvgIpc) is 2.00. The topological polar surface area (TPSA) is 3.24 Å². The van der Waals surface area contributed by atoms with Gasteiger partial charge < -0.3 is 0 Å². The second-order valence-electron chi connectivity index (χ2n) is 2.40. The molecule has 0 radical (unpaired) electrons. The van der Waals surface area contributed by atoms with Gasteiger partial charge in [-0.2, -0.15) is 30.7 Å². The molecule has 0 aromatic carbocycles. The summed E-state index contributed by atoms with van der Waals surface area (Å²) in [7, 11) is 0. The van der Waals surface area contributed by atoms with Crippen LogP contribution in [0.3, 0.4) is 0 Å². The quantitative estimate of drug-likeness (QED) is 0.547. The van der Waals surface area contributed by atoms with Crippen molar-refractivity contribution in [3.8, 4) is 0 Å². The van der Waals surface area contributed by atoms with Crippen molar-refractivity contribution >= 4 is 0 Å². The number of alkyl halides is 9. The van der Waals surface area contributed by atoms with E-state index < -0.39 is 36.6 Å². The van der Waals surface area contributed by atoms with Gasteiger partial charge in [0.05, 0.1) is 0 Å². The third kappa shape index (κ3) is 3.14. The number of halogens is 9. The van der Waals surface area contributed by atoms with Crippen LogP contribution in [0.25, 0.3) is 0 Å². The molecule has 0 aromatic rings. The lowest BCUT2D eigenvalue weighted by Gasteiger charge is -2.34. The average molecular weight is 249 g/mol. The molecule has 0 amide bonds. The van der Waals surface area contributed by atoms with Crippen molar-refractivity contribution in [3.63, 3.8) is 0 Å². The Labute approximate surface area is 77.4 Å². The first-order valence-electron chi connectivity index (χ1n) is 3.24. The summed E-state index contributed by atoms with van der Waals surface area (Å²) in [6.45, 7) is -6.02. The van der Waals surface area contributed by atoms with Gasteiger partial charge in [0, 0.05) is 0 Å². The Morgan fingerprint density at radius 2 is 0.933 bits per heavy atom. The molecule has 92 valence electrons. The summed E-state index contributed by atoms with van der Waals surface area (Å²) in [4.78, 5) is -2.74. The predicted molar refractivity (Wildman–Crippen MR) is 29.7 cm³/mol. The zero-order chi connectivity index (χ0) is 12.5. The fraction of sp³-hybridized carbons (Fsp3) is 1.00. The Hall–Kier alpha value is -0.670. The van der Waals surface area contributed by atoms with E-state index >= 15 is 0 Å². The Kier molecular flexibility index (Phi) is 3.88. The normalized spacial score (nSPS) is 14.8. The lowest BCUT2D eigenvalue weighted by Crippen LogP contribution is -2.61. The molecule has 0 aliphatic rings. The van der Waals surface area contributed by atoms with Crippen LogP contribution >= 0.6 is 0 Å². The number of hydrogen-bond acceptors (Lipinski definition) is 1. The van der Waals surface area contributed by atoms with E-state index in [-0.39, 0.29) is 0 Å². The third-order valence-corrected chi connectivity index (χ3v) is 1.23. The molecular weight excluding hydrogens is 245 g/mol. The highest BCUT2D eigenvalue weighted by atomic mass is 19.4. The highest BCUT2D eigenvalue weighted by molar-refractivity contribution is 4.79. The molecule has 0 aliphatic carbocycles. The van der Waals surface area contributed by atoms with Crippen molar-refractivity contribution in [3.05, 3.63) is 0 Å². The highest BCUT2D eigenvalue weighted by Crippen LogP contribution is 2.41. The molecule has 0 saturated carbocycles. The van der Waals surface area contributed by atoms with E-state index in [1.165, 1.54) is 0 Å². The van der Waals surface area contributed by atoms with Gasteiger partial charge in [-0.15, -0.1) is 0 Å². The minimum atomic E-state index is -6.26. The van der Waals surface area contributed by atoms with Crippen molar-refractivity contribution in [2.45, 2.75) is 18.4 Å². The molecule has 0 aromatic heterocycles. The number of nitrogens with zero attached hydrogens (tertiary/aromatic N) is 1. The van der Waals surface area contributed by atoms with Crippen molar-refractivity contribution < 1.29 is 39.5 Å². The van der Waals surface area contributed by atoms with Gasteiger partial charge in [-0.05, 0) is 0 Å². The smallest absolute Gasteiger partial charge is 0.243 e. The first kappa shape index (κ1) is 14.3. The first-order valence-corrected chi connectivity index (χ1v) is 3.24. The van der Waals surface area contributed by atoms with E-state index in [0.717, 1.165) is 0 Å². The van der Waals surface area contributed by atoms with Gasteiger partial charge >= 0.3 is 18.4 Å². The van der Waals surface area contributed by atoms with Crippen molar-refractivity contribution in [1.82, 2.24) is 4.90 Å². The van der Waals surface area contributed by atoms with E-state index in [2.05, 4.69) is 0 Å². The van der Waals surface area contributed by atoms with Crippen molar-refractivity contribution in [2.24, 2.45) is 0 Å². The molecule has 0 spiro atoms.